The van der Waals surface area contributed by atoms with Gasteiger partial charge in [-0.25, -0.2) is 0 Å². The van der Waals surface area contributed by atoms with Gasteiger partial charge in [-0.15, -0.1) is 0 Å². The Balaban J connectivity index is 2.20. The van der Waals surface area contributed by atoms with Crippen LogP contribution in [0, 0.1) is 5.41 Å². The van der Waals surface area contributed by atoms with Gasteiger partial charge in [0.05, 0.1) is 0 Å². The van der Waals surface area contributed by atoms with Crippen molar-refractivity contribution in [2.24, 2.45) is 5.41 Å². The Morgan fingerprint density at radius 2 is 1.93 bits per heavy atom. The van der Waals surface area contributed by atoms with Crippen molar-refractivity contribution in [1.29, 1.82) is 0 Å². The Hall–Kier alpha value is -0.530. The summed E-state index contributed by atoms with van der Waals surface area (Å²) in [6.07, 6.45) is 2.65. The third kappa shape index (κ3) is 2.35. The van der Waals surface area contributed by atoms with Crippen molar-refractivity contribution < 1.29 is 0 Å². The molecule has 0 aromatic heterocycles. The summed E-state index contributed by atoms with van der Waals surface area (Å²) in [4.78, 5) is 0. The lowest BCUT2D eigenvalue weighted by Gasteiger charge is -2.25. The summed E-state index contributed by atoms with van der Waals surface area (Å²) in [5, 5.41) is 4.39. The lowest BCUT2D eigenvalue weighted by Crippen LogP contribution is -2.27. The molecule has 1 unspecified atom stereocenters. The quantitative estimate of drug-likeness (QED) is 0.819. The number of rotatable bonds is 4. The van der Waals surface area contributed by atoms with E-state index in [2.05, 4.69) is 31.3 Å². The fraction of sp³-hybridized carbons (Fsp3) is 0.538. The first kappa shape index (κ1) is 11.0. The highest BCUT2D eigenvalue weighted by atomic mass is 35.5. The van der Waals surface area contributed by atoms with Crippen LogP contribution in [-0.4, -0.2) is 6.54 Å². The normalized spacial score (nSPS) is 19.9. The van der Waals surface area contributed by atoms with E-state index in [0.29, 0.717) is 11.5 Å². The third-order valence-electron chi connectivity index (χ3n) is 3.35. The Bertz CT molecular complexity index is 327. The molecule has 1 atom stereocenters. The number of halogens is 1. The van der Waals surface area contributed by atoms with Crippen LogP contribution in [0.4, 0.5) is 0 Å². The van der Waals surface area contributed by atoms with Crippen LogP contribution in [0.3, 0.4) is 0 Å². The molecular formula is C13H18ClN. The van der Waals surface area contributed by atoms with E-state index >= 15 is 0 Å². The molecule has 2 rings (SSSR count). The van der Waals surface area contributed by atoms with Gasteiger partial charge in [-0.2, -0.15) is 0 Å². The standard InChI is InChI=1S/C13H18ClN/c1-3-15-12(13(2)8-9-13)10-4-6-11(14)7-5-10/h4-7,12,15H,3,8-9H2,1-2H3. The van der Waals surface area contributed by atoms with E-state index in [1.165, 1.54) is 18.4 Å². The molecule has 1 nitrogen and oxygen atoms in total. The van der Waals surface area contributed by atoms with Gasteiger partial charge >= 0.3 is 0 Å². The highest BCUT2D eigenvalue weighted by Crippen LogP contribution is 2.54. The Labute approximate surface area is 96.8 Å². The average Bonchev–Trinajstić information content (AvgIpc) is 2.96. The number of hydrogen-bond donors (Lipinski definition) is 1. The van der Waals surface area contributed by atoms with Crippen molar-refractivity contribution in [1.82, 2.24) is 5.32 Å². The van der Waals surface area contributed by atoms with Gasteiger partial charge in [0, 0.05) is 11.1 Å². The van der Waals surface area contributed by atoms with Gasteiger partial charge in [0.2, 0.25) is 0 Å². The average molecular weight is 224 g/mol. The van der Waals surface area contributed by atoms with Gasteiger partial charge in [-0.1, -0.05) is 37.6 Å². The topological polar surface area (TPSA) is 12.0 Å². The fourth-order valence-corrected chi connectivity index (χ4v) is 2.24. The molecule has 1 aromatic rings. The van der Waals surface area contributed by atoms with Crippen LogP contribution in [0.25, 0.3) is 0 Å². The molecule has 0 heterocycles. The van der Waals surface area contributed by atoms with Crippen LogP contribution < -0.4 is 5.32 Å². The third-order valence-corrected chi connectivity index (χ3v) is 3.60. The molecule has 1 saturated carbocycles. The molecule has 1 aliphatic carbocycles. The van der Waals surface area contributed by atoms with E-state index in [0.717, 1.165) is 11.6 Å². The van der Waals surface area contributed by atoms with Crippen molar-refractivity contribution >= 4 is 11.6 Å². The first-order valence-corrected chi connectivity index (χ1v) is 6.02. The van der Waals surface area contributed by atoms with Gasteiger partial charge in [0.1, 0.15) is 0 Å². The van der Waals surface area contributed by atoms with Crippen molar-refractivity contribution in [3.63, 3.8) is 0 Å². The minimum atomic E-state index is 0.462. The van der Waals surface area contributed by atoms with Crippen molar-refractivity contribution in [2.75, 3.05) is 6.54 Å². The highest BCUT2D eigenvalue weighted by Gasteiger charge is 2.44. The van der Waals surface area contributed by atoms with Crippen LogP contribution >= 0.6 is 11.6 Å². The highest BCUT2D eigenvalue weighted by molar-refractivity contribution is 6.30. The molecule has 1 fully saturated rings. The van der Waals surface area contributed by atoms with E-state index in [1.54, 1.807) is 0 Å². The Morgan fingerprint density at radius 3 is 2.40 bits per heavy atom. The molecule has 2 heteroatoms. The Kier molecular flexibility index (Phi) is 3.03. The molecule has 1 aliphatic rings. The molecule has 0 saturated heterocycles. The second kappa shape index (κ2) is 4.15. The SMILES string of the molecule is CCNC(c1ccc(Cl)cc1)C1(C)CC1. The summed E-state index contributed by atoms with van der Waals surface area (Å²) in [5.74, 6) is 0. The van der Waals surface area contributed by atoms with E-state index in [-0.39, 0.29) is 0 Å². The van der Waals surface area contributed by atoms with Gasteiger partial charge in [0.15, 0.2) is 0 Å². The second-order valence-electron chi connectivity index (χ2n) is 4.70. The summed E-state index contributed by atoms with van der Waals surface area (Å²) >= 11 is 5.90. The molecule has 0 bridgehead atoms. The summed E-state index contributed by atoms with van der Waals surface area (Å²) in [7, 11) is 0. The molecule has 82 valence electrons. The zero-order valence-electron chi connectivity index (χ0n) is 9.39. The second-order valence-corrected chi connectivity index (χ2v) is 5.13. The van der Waals surface area contributed by atoms with Crippen LogP contribution in [0.1, 0.15) is 38.3 Å². The van der Waals surface area contributed by atoms with Crippen LogP contribution in [0.5, 0.6) is 0 Å². The molecule has 15 heavy (non-hydrogen) atoms. The first-order valence-electron chi connectivity index (χ1n) is 5.64. The number of nitrogens with one attached hydrogen (secondary N) is 1. The van der Waals surface area contributed by atoms with E-state index in [9.17, 15) is 0 Å². The first-order chi connectivity index (χ1) is 7.15. The van der Waals surface area contributed by atoms with Crippen molar-refractivity contribution in [3.8, 4) is 0 Å². The smallest absolute Gasteiger partial charge is 0.0406 e. The van der Waals surface area contributed by atoms with E-state index < -0.39 is 0 Å². The van der Waals surface area contributed by atoms with Crippen LogP contribution in [0.15, 0.2) is 24.3 Å². The van der Waals surface area contributed by atoms with Gasteiger partial charge in [-0.05, 0) is 42.5 Å². The summed E-state index contributed by atoms with van der Waals surface area (Å²) in [6, 6.07) is 8.72. The molecule has 0 spiro atoms. The predicted octanol–water partition coefficient (Wildman–Crippen LogP) is 3.79. The maximum absolute atomic E-state index is 5.90. The van der Waals surface area contributed by atoms with E-state index in [4.69, 9.17) is 11.6 Å². The molecule has 0 amide bonds. The van der Waals surface area contributed by atoms with Gasteiger partial charge < -0.3 is 5.32 Å². The maximum Gasteiger partial charge on any atom is 0.0406 e. The monoisotopic (exact) mass is 223 g/mol. The number of hydrogen-bond acceptors (Lipinski definition) is 1. The van der Waals surface area contributed by atoms with Gasteiger partial charge in [-0.3, -0.25) is 0 Å². The number of benzene rings is 1. The largest absolute Gasteiger partial charge is 0.310 e. The summed E-state index contributed by atoms with van der Waals surface area (Å²) in [6.45, 7) is 5.53. The van der Waals surface area contributed by atoms with E-state index in [1.807, 2.05) is 12.1 Å². The fourth-order valence-electron chi connectivity index (χ4n) is 2.11. The molecule has 0 aliphatic heterocycles. The van der Waals surface area contributed by atoms with Crippen molar-refractivity contribution in [3.05, 3.63) is 34.9 Å². The minimum absolute atomic E-state index is 0.462. The lowest BCUT2D eigenvalue weighted by molar-refractivity contribution is 0.373. The van der Waals surface area contributed by atoms with Crippen molar-refractivity contribution in [2.45, 2.75) is 32.7 Å². The summed E-state index contributed by atoms with van der Waals surface area (Å²) in [5.41, 5.74) is 1.82. The minimum Gasteiger partial charge on any atom is -0.310 e. The zero-order valence-corrected chi connectivity index (χ0v) is 10.1. The molecular weight excluding hydrogens is 206 g/mol. The van der Waals surface area contributed by atoms with Crippen LogP contribution in [-0.2, 0) is 0 Å². The molecule has 0 radical (unpaired) electrons. The predicted molar refractivity (Wildman–Crippen MR) is 65.2 cm³/mol. The zero-order chi connectivity index (χ0) is 10.9. The summed E-state index contributed by atoms with van der Waals surface area (Å²) < 4.78 is 0. The van der Waals surface area contributed by atoms with Crippen LogP contribution in [0.2, 0.25) is 5.02 Å². The lowest BCUT2D eigenvalue weighted by atomic mass is 9.92. The molecule has 1 aromatic carbocycles. The Morgan fingerprint density at radius 1 is 1.33 bits per heavy atom. The molecule has 1 N–H and O–H groups in total. The van der Waals surface area contributed by atoms with Gasteiger partial charge in [0.25, 0.3) is 0 Å². The maximum atomic E-state index is 5.90.